The summed E-state index contributed by atoms with van der Waals surface area (Å²) in [5.41, 5.74) is 5.73. The smallest absolute Gasteiger partial charge is 0.311 e. The van der Waals surface area contributed by atoms with E-state index in [1.54, 1.807) is 6.92 Å². The van der Waals surface area contributed by atoms with E-state index in [2.05, 4.69) is 20.9 Å². The van der Waals surface area contributed by atoms with Crippen molar-refractivity contribution in [1.29, 1.82) is 0 Å². The number of aromatic nitrogens is 1. The molecule has 1 rings (SSSR count). The third-order valence-electron chi connectivity index (χ3n) is 2.17. The summed E-state index contributed by atoms with van der Waals surface area (Å²) in [6.45, 7) is 1.92. The maximum Gasteiger partial charge on any atom is 0.311 e. The van der Waals surface area contributed by atoms with Crippen molar-refractivity contribution in [3.63, 3.8) is 0 Å². The van der Waals surface area contributed by atoms with Crippen molar-refractivity contribution in [2.45, 2.75) is 26.3 Å². The van der Waals surface area contributed by atoms with Crippen molar-refractivity contribution in [2.75, 3.05) is 6.61 Å². The predicted molar refractivity (Wildman–Crippen MR) is 65.1 cm³/mol. The van der Waals surface area contributed by atoms with Crippen LogP contribution in [0.1, 0.15) is 30.3 Å². The summed E-state index contributed by atoms with van der Waals surface area (Å²) in [7, 11) is 0. The number of nitrogens with zero attached hydrogens (tertiary/aromatic N) is 1. The van der Waals surface area contributed by atoms with E-state index < -0.39 is 12.4 Å². The van der Waals surface area contributed by atoms with Gasteiger partial charge in [-0.15, -0.1) is 0 Å². The summed E-state index contributed by atoms with van der Waals surface area (Å²) < 4.78 is 30.5. The van der Waals surface area contributed by atoms with Gasteiger partial charge >= 0.3 is 5.97 Å². The lowest BCUT2D eigenvalue weighted by molar-refractivity contribution is -0.142. The third kappa shape index (κ3) is 3.71. The Morgan fingerprint density at radius 2 is 2.28 bits per heavy atom. The molecule has 0 amide bonds. The van der Waals surface area contributed by atoms with Crippen LogP contribution in [-0.2, 0) is 22.5 Å². The van der Waals surface area contributed by atoms with Crippen LogP contribution < -0.4 is 5.73 Å². The molecule has 0 saturated heterocycles. The SMILES string of the molecule is CCOC(=O)Cc1cc(C(F)F)c(Br)c(CN)n1. The van der Waals surface area contributed by atoms with Crippen LogP contribution in [0.3, 0.4) is 0 Å². The van der Waals surface area contributed by atoms with E-state index >= 15 is 0 Å². The van der Waals surface area contributed by atoms with Crippen LogP contribution >= 0.6 is 15.9 Å². The van der Waals surface area contributed by atoms with E-state index in [9.17, 15) is 13.6 Å². The van der Waals surface area contributed by atoms with Crippen LogP contribution in [0.15, 0.2) is 10.5 Å². The molecule has 100 valence electrons. The number of rotatable bonds is 5. The summed E-state index contributed by atoms with van der Waals surface area (Å²) in [5, 5.41) is 0. The number of ether oxygens (including phenoxy) is 1. The molecule has 0 fully saturated rings. The van der Waals surface area contributed by atoms with Crippen molar-refractivity contribution in [3.05, 3.63) is 27.5 Å². The van der Waals surface area contributed by atoms with Gasteiger partial charge in [-0.2, -0.15) is 0 Å². The molecule has 18 heavy (non-hydrogen) atoms. The first kappa shape index (κ1) is 15.0. The van der Waals surface area contributed by atoms with Crippen LogP contribution in [0.5, 0.6) is 0 Å². The zero-order valence-electron chi connectivity index (χ0n) is 9.75. The fraction of sp³-hybridized carbons (Fsp3) is 0.455. The van der Waals surface area contributed by atoms with Gasteiger partial charge in [-0.3, -0.25) is 9.78 Å². The summed E-state index contributed by atoms with van der Waals surface area (Å²) in [5.74, 6) is -0.504. The highest BCUT2D eigenvalue weighted by Crippen LogP contribution is 2.30. The maximum absolute atomic E-state index is 12.8. The Bertz CT molecular complexity index is 441. The van der Waals surface area contributed by atoms with Gasteiger partial charge in [-0.05, 0) is 28.9 Å². The molecular weight excluding hydrogens is 310 g/mol. The zero-order chi connectivity index (χ0) is 13.7. The predicted octanol–water partition coefficient (Wildman–Crippen LogP) is 2.35. The van der Waals surface area contributed by atoms with Gasteiger partial charge in [0.15, 0.2) is 0 Å². The van der Waals surface area contributed by atoms with Gasteiger partial charge in [-0.1, -0.05) is 0 Å². The molecule has 0 unspecified atom stereocenters. The second-order valence-corrected chi connectivity index (χ2v) is 4.24. The van der Waals surface area contributed by atoms with Crippen LogP contribution in [0, 0.1) is 0 Å². The Morgan fingerprint density at radius 3 is 2.78 bits per heavy atom. The second kappa shape index (κ2) is 6.75. The molecule has 0 saturated carbocycles. The highest BCUT2D eigenvalue weighted by molar-refractivity contribution is 9.10. The standard InChI is InChI=1S/C11H13BrF2N2O2/c1-2-18-9(17)4-6-3-7(11(13)14)10(12)8(5-15)16-6/h3,11H,2,4-5,15H2,1H3. The topological polar surface area (TPSA) is 65.2 Å². The first-order valence-electron chi connectivity index (χ1n) is 5.31. The van der Waals surface area contributed by atoms with E-state index in [-0.39, 0.29) is 35.3 Å². The number of alkyl halides is 2. The van der Waals surface area contributed by atoms with E-state index in [4.69, 9.17) is 10.5 Å². The highest BCUT2D eigenvalue weighted by atomic mass is 79.9. The molecule has 0 bridgehead atoms. The largest absolute Gasteiger partial charge is 0.466 e. The van der Waals surface area contributed by atoms with Gasteiger partial charge in [0, 0.05) is 16.6 Å². The van der Waals surface area contributed by atoms with E-state index in [0.29, 0.717) is 5.69 Å². The average molecular weight is 323 g/mol. The minimum atomic E-state index is -2.66. The Labute approximate surface area is 112 Å². The lowest BCUT2D eigenvalue weighted by Gasteiger charge is -2.10. The van der Waals surface area contributed by atoms with Crippen molar-refractivity contribution in [2.24, 2.45) is 5.73 Å². The number of pyridine rings is 1. The van der Waals surface area contributed by atoms with E-state index in [1.807, 2.05) is 0 Å². The summed E-state index contributed by atoms with van der Waals surface area (Å²) >= 11 is 3.03. The molecule has 0 aliphatic carbocycles. The Balaban J connectivity index is 3.06. The zero-order valence-corrected chi connectivity index (χ0v) is 11.3. The number of carbonyl (C=O) groups excluding carboxylic acids is 1. The molecule has 0 atom stereocenters. The van der Waals surface area contributed by atoms with Crippen LogP contribution in [0.2, 0.25) is 0 Å². The van der Waals surface area contributed by atoms with Gasteiger partial charge in [0.1, 0.15) is 0 Å². The van der Waals surface area contributed by atoms with Gasteiger partial charge in [0.25, 0.3) is 6.43 Å². The van der Waals surface area contributed by atoms with Crippen LogP contribution in [-0.4, -0.2) is 17.6 Å². The minimum absolute atomic E-state index is 0.0109. The van der Waals surface area contributed by atoms with Gasteiger partial charge in [-0.25, -0.2) is 8.78 Å². The van der Waals surface area contributed by atoms with Crippen LogP contribution in [0.25, 0.3) is 0 Å². The molecule has 1 aromatic heterocycles. The monoisotopic (exact) mass is 322 g/mol. The molecule has 0 aliphatic heterocycles. The molecular formula is C11H13BrF2N2O2. The summed E-state index contributed by atoms with van der Waals surface area (Å²) in [6, 6.07) is 1.19. The molecule has 1 aromatic rings. The number of nitrogens with two attached hydrogens (primary N) is 1. The lowest BCUT2D eigenvalue weighted by Crippen LogP contribution is -2.12. The number of carbonyl (C=O) groups is 1. The Kier molecular flexibility index (Phi) is 5.61. The van der Waals surface area contributed by atoms with Crippen molar-refractivity contribution in [1.82, 2.24) is 4.98 Å². The third-order valence-corrected chi connectivity index (χ3v) is 3.08. The maximum atomic E-state index is 12.8. The molecule has 1 heterocycles. The van der Waals surface area contributed by atoms with Gasteiger partial charge in [0.05, 0.1) is 24.4 Å². The number of halogens is 3. The highest BCUT2D eigenvalue weighted by Gasteiger charge is 2.18. The minimum Gasteiger partial charge on any atom is -0.466 e. The number of hydrogen-bond acceptors (Lipinski definition) is 4. The first-order valence-corrected chi connectivity index (χ1v) is 6.10. The Morgan fingerprint density at radius 1 is 1.61 bits per heavy atom. The van der Waals surface area contributed by atoms with Crippen molar-refractivity contribution < 1.29 is 18.3 Å². The molecule has 2 N–H and O–H groups in total. The van der Waals surface area contributed by atoms with Gasteiger partial charge < -0.3 is 10.5 Å². The van der Waals surface area contributed by atoms with Crippen LogP contribution in [0.4, 0.5) is 8.78 Å². The molecule has 0 radical (unpaired) electrons. The Hall–Kier alpha value is -1.08. The fourth-order valence-corrected chi connectivity index (χ4v) is 1.95. The van der Waals surface area contributed by atoms with Crippen molar-refractivity contribution in [3.8, 4) is 0 Å². The first-order chi connectivity index (χ1) is 8.49. The quantitative estimate of drug-likeness (QED) is 0.845. The van der Waals surface area contributed by atoms with E-state index in [1.165, 1.54) is 6.07 Å². The van der Waals surface area contributed by atoms with Gasteiger partial charge in [0.2, 0.25) is 0 Å². The molecule has 0 aliphatic rings. The molecule has 0 aromatic carbocycles. The lowest BCUT2D eigenvalue weighted by atomic mass is 10.1. The molecule has 4 nitrogen and oxygen atoms in total. The summed E-state index contributed by atoms with van der Waals surface area (Å²) in [6.07, 6.45) is -2.80. The van der Waals surface area contributed by atoms with E-state index in [0.717, 1.165) is 0 Å². The molecule has 7 heteroatoms. The van der Waals surface area contributed by atoms with Crippen molar-refractivity contribution >= 4 is 21.9 Å². The second-order valence-electron chi connectivity index (χ2n) is 3.45. The fourth-order valence-electron chi connectivity index (χ4n) is 1.41. The number of esters is 1. The number of hydrogen-bond donors (Lipinski definition) is 1. The normalized spacial score (nSPS) is 10.8. The molecule has 0 spiro atoms. The average Bonchev–Trinajstić information content (AvgIpc) is 2.31. The summed E-state index contributed by atoms with van der Waals surface area (Å²) in [4.78, 5) is 15.3.